The summed E-state index contributed by atoms with van der Waals surface area (Å²) in [5.41, 5.74) is 0.803. The lowest BCUT2D eigenvalue weighted by molar-refractivity contribution is -0.115. The first kappa shape index (κ1) is 11.4. The second-order valence-electron chi connectivity index (χ2n) is 3.60. The van der Waals surface area contributed by atoms with Crippen LogP contribution >= 0.6 is 0 Å². The number of hydrogen-bond donors (Lipinski definition) is 2. The van der Waals surface area contributed by atoms with Gasteiger partial charge in [-0.05, 0) is 24.3 Å². The third kappa shape index (κ3) is 3.77. The van der Waals surface area contributed by atoms with Crippen molar-refractivity contribution in [3.8, 4) is 0 Å². The molecule has 0 saturated carbocycles. The third-order valence-electron chi connectivity index (χ3n) is 2.22. The minimum atomic E-state index is -0.0669. The predicted molar refractivity (Wildman–Crippen MR) is 65.5 cm³/mol. The van der Waals surface area contributed by atoms with E-state index in [1.54, 1.807) is 6.26 Å². The number of benzene rings is 1. The quantitative estimate of drug-likeness (QED) is 0.826. The van der Waals surface area contributed by atoms with Gasteiger partial charge in [-0.15, -0.1) is 0 Å². The molecule has 0 aliphatic heterocycles. The van der Waals surface area contributed by atoms with Crippen molar-refractivity contribution in [3.63, 3.8) is 0 Å². The molecule has 0 aliphatic rings. The summed E-state index contributed by atoms with van der Waals surface area (Å²) in [6.45, 7) is 0.810. The summed E-state index contributed by atoms with van der Waals surface area (Å²) in [5.74, 6) is 0.750. The van der Waals surface area contributed by atoms with Crippen LogP contribution in [0.15, 0.2) is 53.1 Å². The van der Waals surface area contributed by atoms with Crippen LogP contribution in [0.3, 0.4) is 0 Å². The standard InChI is InChI=1S/C13H14N2O2/c16-13(15-11-5-2-1-3-6-11)10-14-9-12-7-4-8-17-12/h1-8,14H,9-10H2,(H,15,16). The lowest BCUT2D eigenvalue weighted by Gasteiger charge is -2.05. The van der Waals surface area contributed by atoms with E-state index in [0.29, 0.717) is 6.54 Å². The summed E-state index contributed by atoms with van der Waals surface area (Å²) >= 11 is 0. The molecule has 1 heterocycles. The van der Waals surface area contributed by atoms with Crippen LogP contribution in [-0.4, -0.2) is 12.5 Å². The van der Waals surface area contributed by atoms with Crippen LogP contribution in [0.1, 0.15) is 5.76 Å². The molecule has 0 aliphatic carbocycles. The minimum Gasteiger partial charge on any atom is -0.468 e. The fourth-order valence-corrected chi connectivity index (χ4v) is 1.44. The van der Waals surface area contributed by atoms with Crippen LogP contribution < -0.4 is 10.6 Å². The van der Waals surface area contributed by atoms with Gasteiger partial charge in [0, 0.05) is 5.69 Å². The molecule has 0 saturated heterocycles. The van der Waals surface area contributed by atoms with Crippen LogP contribution in [0.5, 0.6) is 0 Å². The SMILES string of the molecule is O=C(CNCc1ccco1)Nc1ccccc1. The fraction of sp³-hybridized carbons (Fsp3) is 0.154. The van der Waals surface area contributed by atoms with Crippen LogP contribution in [0, 0.1) is 0 Å². The highest BCUT2D eigenvalue weighted by molar-refractivity contribution is 5.92. The first-order valence-corrected chi connectivity index (χ1v) is 5.42. The smallest absolute Gasteiger partial charge is 0.238 e. The Bertz CT molecular complexity index is 452. The average molecular weight is 230 g/mol. The lowest BCUT2D eigenvalue weighted by Crippen LogP contribution is -2.27. The number of furan rings is 1. The van der Waals surface area contributed by atoms with Crippen molar-refractivity contribution in [1.29, 1.82) is 0 Å². The number of rotatable bonds is 5. The number of amides is 1. The van der Waals surface area contributed by atoms with Gasteiger partial charge in [0.2, 0.25) is 5.91 Å². The van der Waals surface area contributed by atoms with Gasteiger partial charge in [-0.2, -0.15) is 0 Å². The van der Waals surface area contributed by atoms with Crippen LogP contribution in [0.4, 0.5) is 5.69 Å². The zero-order valence-corrected chi connectivity index (χ0v) is 9.35. The second-order valence-corrected chi connectivity index (χ2v) is 3.60. The van der Waals surface area contributed by atoms with Crippen molar-refractivity contribution >= 4 is 11.6 Å². The van der Waals surface area contributed by atoms with E-state index in [-0.39, 0.29) is 12.5 Å². The highest BCUT2D eigenvalue weighted by Gasteiger charge is 2.01. The number of carbonyl (C=O) groups excluding carboxylic acids is 1. The van der Waals surface area contributed by atoms with E-state index in [1.165, 1.54) is 0 Å². The zero-order chi connectivity index (χ0) is 11.9. The molecule has 0 radical (unpaired) electrons. The number of hydrogen-bond acceptors (Lipinski definition) is 3. The van der Waals surface area contributed by atoms with Crippen LogP contribution in [0.2, 0.25) is 0 Å². The van der Waals surface area contributed by atoms with E-state index in [1.807, 2.05) is 42.5 Å². The number of para-hydroxylation sites is 1. The van der Waals surface area contributed by atoms with Crippen molar-refractivity contribution in [2.24, 2.45) is 0 Å². The molecule has 4 heteroatoms. The van der Waals surface area contributed by atoms with E-state index >= 15 is 0 Å². The average Bonchev–Trinajstić information content (AvgIpc) is 2.83. The number of anilines is 1. The normalized spacial score (nSPS) is 10.1. The summed E-state index contributed by atoms with van der Waals surface area (Å²) in [5, 5.41) is 5.79. The Kier molecular flexibility index (Phi) is 3.94. The van der Waals surface area contributed by atoms with E-state index in [4.69, 9.17) is 4.42 Å². The van der Waals surface area contributed by atoms with Gasteiger partial charge in [0.1, 0.15) is 5.76 Å². The highest BCUT2D eigenvalue weighted by atomic mass is 16.3. The molecule has 1 aromatic carbocycles. The Morgan fingerprint density at radius 3 is 2.65 bits per heavy atom. The second kappa shape index (κ2) is 5.86. The Morgan fingerprint density at radius 2 is 1.94 bits per heavy atom. The molecule has 17 heavy (non-hydrogen) atoms. The fourth-order valence-electron chi connectivity index (χ4n) is 1.44. The molecule has 0 unspecified atom stereocenters. The summed E-state index contributed by atoms with van der Waals surface area (Å²) in [6.07, 6.45) is 1.61. The van der Waals surface area contributed by atoms with Gasteiger partial charge >= 0.3 is 0 Å². The van der Waals surface area contributed by atoms with Gasteiger partial charge in [0.25, 0.3) is 0 Å². The molecule has 1 amide bonds. The van der Waals surface area contributed by atoms with E-state index in [0.717, 1.165) is 11.4 Å². The first-order chi connectivity index (χ1) is 8.34. The Hall–Kier alpha value is -2.07. The van der Waals surface area contributed by atoms with Crippen molar-refractivity contribution in [2.45, 2.75) is 6.54 Å². The van der Waals surface area contributed by atoms with Gasteiger partial charge in [0.05, 0.1) is 19.4 Å². The third-order valence-corrected chi connectivity index (χ3v) is 2.22. The summed E-state index contributed by atoms with van der Waals surface area (Å²) in [4.78, 5) is 11.5. The first-order valence-electron chi connectivity index (χ1n) is 5.42. The van der Waals surface area contributed by atoms with Gasteiger partial charge in [-0.1, -0.05) is 18.2 Å². The van der Waals surface area contributed by atoms with Gasteiger partial charge in [-0.25, -0.2) is 0 Å². The molecular formula is C13H14N2O2. The van der Waals surface area contributed by atoms with Crippen molar-refractivity contribution in [1.82, 2.24) is 5.32 Å². The Morgan fingerprint density at radius 1 is 1.12 bits per heavy atom. The molecule has 2 rings (SSSR count). The maximum absolute atomic E-state index is 11.5. The molecule has 0 atom stereocenters. The van der Waals surface area contributed by atoms with E-state index < -0.39 is 0 Å². The molecule has 1 aromatic heterocycles. The monoisotopic (exact) mass is 230 g/mol. The topological polar surface area (TPSA) is 54.3 Å². The largest absolute Gasteiger partial charge is 0.468 e. The van der Waals surface area contributed by atoms with Gasteiger partial charge < -0.3 is 15.1 Å². The van der Waals surface area contributed by atoms with E-state index in [9.17, 15) is 4.79 Å². The highest BCUT2D eigenvalue weighted by Crippen LogP contribution is 2.04. The molecule has 88 valence electrons. The molecule has 0 spiro atoms. The molecule has 4 nitrogen and oxygen atoms in total. The summed E-state index contributed by atoms with van der Waals surface area (Å²) < 4.78 is 5.14. The predicted octanol–water partition coefficient (Wildman–Crippen LogP) is 2.01. The lowest BCUT2D eigenvalue weighted by atomic mass is 10.3. The Labute approximate surface area is 99.6 Å². The molecular weight excluding hydrogens is 216 g/mol. The Balaban J connectivity index is 1.71. The van der Waals surface area contributed by atoms with Gasteiger partial charge in [0.15, 0.2) is 0 Å². The molecule has 0 bridgehead atoms. The van der Waals surface area contributed by atoms with Crippen molar-refractivity contribution < 1.29 is 9.21 Å². The van der Waals surface area contributed by atoms with Gasteiger partial charge in [-0.3, -0.25) is 4.79 Å². The van der Waals surface area contributed by atoms with Crippen LogP contribution in [-0.2, 0) is 11.3 Å². The minimum absolute atomic E-state index is 0.0669. The van der Waals surface area contributed by atoms with Crippen molar-refractivity contribution in [3.05, 3.63) is 54.5 Å². The van der Waals surface area contributed by atoms with E-state index in [2.05, 4.69) is 10.6 Å². The zero-order valence-electron chi connectivity index (χ0n) is 9.35. The molecule has 2 aromatic rings. The number of carbonyl (C=O) groups is 1. The van der Waals surface area contributed by atoms with Crippen LogP contribution in [0.25, 0.3) is 0 Å². The maximum Gasteiger partial charge on any atom is 0.238 e. The summed E-state index contributed by atoms with van der Waals surface area (Å²) in [7, 11) is 0. The maximum atomic E-state index is 11.5. The van der Waals surface area contributed by atoms with Crippen molar-refractivity contribution in [2.75, 3.05) is 11.9 Å². The molecule has 2 N–H and O–H groups in total. The number of nitrogens with one attached hydrogen (secondary N) is 2. The molecule has 0 fully saturated rings. The summed E-state index contributed by atoms with van der Waals surface area (Å²) in [6, 6.07) is 13.1.